The molecular weight excluding hydrogens is 294 g/mol. The van der Waals surface area contributed by atoms with Crippen molar-refractivity contribution < 1.29 is 14.8 Å². The van der Waals surface area contributed by atoms with Gasteiger partial charge in [0.05, 0.1) is 11.0 Å². The third kappa shape index (κ3) is 3.93. The molecule has 0 amide bonds. The van der Waals surface area contributed by atoms with Crippen LogP contribution < -0.4 is 4.74 Å². The Morgan fingerprint density at radius 1 is 1.29 bits per heavy atom. The lowest BCUT2D eigenvalue weighted by molar-refractivity contribution is -0.384. The third-order valence-corrected chi connectivity index (χ3v) is 3.20. The van der Waals surface area contributed by atoms with Crippen molar-refractivity contribution in [3.63, 3.8) is 0 Å². The molecule has 0 aliphatic heterocycles. The van der Waals surface area contributed by atoms with Gasteiger partial charge in [-0.1, -0.05) is 11.6 Å². The molecule has 6 heteroatoms. The number of benzene rings is 2. The summed E-state index contributed by atoms with van der Waals surface area (Å²) in [5.74, 6) is 0.535. The van der Waals surface area contributed by atoms with Crippen molar-refractivity contribution in [2.45, 2.75) is 19.6 Å². The number of hydrogen-bond donors (Lipinski definition) is 1. The highest BCUT2D eigenvalue weighted by atomic mass is 35.5. The van der Waals surface area contributed by atoms with Gasteiger partial charge in [0.1, 0.15) is 12.4 Å². The van der Waals surface area contributed by atoms with E-state index in [1.807, 2.05) is 0 Å². The first-order valence-corrected chi connectivity index (χ1v) is 6.69. The van der Waals surface area contributed by atoms with E-state index in [0.717, 1.165) is 5.56 Å². The molecule has 0 spiro atoms. The van der Waals surface area contributed by atoms with E-state index in [4.69, 9.17) is 16.3 Å². The van der Waals surface area contributed by atoms with Crippen LogP contribution in [0.2, 0.25) is 5.02 Å². The number of ether oxygens (including phenoxy) is 1. The number of aliphatic hydroxyl groups is 1. The van der Waals surface area contributed by atoms with Gasteiger partial charge in [-0.15, -0.1) is 0 Å². The van der Waals surface area contributed by atoms with Gasteiger partial charge in [-0.2, -0.15) is 0 Å². The molecule has 0 heterocycles. The highest BCUT2D eigenvalue weighted by molar-refractivity contribution is 6.30. The number of nitrogens with zero attached hydrogens (tertiary/aromatic N) is 1. The predicted octanol–water partition coefficient (Wildman–Crippen LogP) is 3.88. The van der Waals surface area contributed by atoms with Gasteiger partial charge in [0.2, 0.25) is 0 Å². The van der Waals surface area contributed by atoms with Crippen molar-refractivity contribution in [3.05, 3.63) is 68.7 Å². The molecule has 0 fully saturated rings. The molecular formula is C15H14ClNO4. The number of non-ortho nitro benzene ring substituents is 1. The van der Waals surface area contributed by atoms with E-state index < -0.39 is 11.0 Å². The molecule has 1 atom stereocenters. The summed E-state index contributed by atoms with van der Waals surface area (Å²) in [5, 5.41) is 20.8. The molecule has 2 rings (SSSR count). The van der Waals surface area contributed by atoms with Gasteiger partial charge in [-0.25, -0.2) is 0 Å². The Balaban J connectivity index is 2.11. The van der Waals surface area contributed by atoms with E-state index >= 15 is 0 Å². The average Bonchev–Trinajstić information content (AvgIpc) is 2.46. The molecule has 0 unspecified atom stereocenters. The Morgan fingerprint density at radius 2 is 1.95 bits per heavy atom. The van der Waals surface area contributed by atoms with Gasteiger partial charge in [0.15, 0.2) is 0 Å². The molecule has 110 valence electrons. The molecule has 5 nitrogen and oxygen atoms in total. The van der Waals surface area contributed by atoms with Crippen LogP contribution in [0.25, 0.3) is 0 Å². The van der Waals surface area contributed by atoms with Crippen LogP contribution in [0, 0.1) is 10.1 Å². The molecule has 0 bridgehead atoms. The fourth-order valence-corrected chi connectivity index (χ4v) is 2.03. The molecule has 2 aromatic carbocycles. The summed E-state index contributed by atoms with van der Waals surface area (Å²) < 4.78 is 5.65. The zero-order valence-corrected chi connectivity index (χ0v) is 12.1. The Labute approximate surface area is 126 Å². The lowest BCUT2D eigenvalue weighted by atomic mass is 10.1. The number of halogens is 1. The fraction of sp³-hybridized carbons (Fsp3) is 0.200. The first-order valence-electron chi connectivity index (χ1n) is 6.31. The number of nitro groups is 1. The summed E-state index contributed by atoms with van der Waals surface area (Å²) >= 11 is 5.89. The van der Waals surface area contributed by atoms with Crippen molar-refractivity contribution in [2.24, 2.45) is 0 Å². The van der Waals surface area contributed by atoms with Gasteiger partial charge < -0.3 is 9.84 Å². The minimum absolute atomic E-state index is 0.0370. The van der Waals surface area contributed by atoms with Crippen LogP contribution >= 0.6 is 11.6 Å². The molecule has 21 heavy (non-hydrogen) atoms. The second kappa shape index (κ2) is 6.56. The second-order valence-corrected chi connectivity index (χ2v) is 5.01. The average molecular weight is 308 g/mol. The first-order chi connectivity index (χ1) is 9.97. The van der Waals surface area contributed by atoms with Crippen LogP contribution in [0.4, 0.5) is 5.69 Å². The third-order valence-electron chi connectivity index (χ3n) is 2.96. The zero-order valence-electron chi connectivity index (χ0n) is 11.3. The van der Waals surface area contributed by atoms with Crippen molar-refractivity contribution >= 4 is 17.3 Å². The van der Waals surface area contributed by atoms with Crippen LogP contribution in [0.15, 0.2) is 42.5 Å². The molecule has 0 saturated carbocycles. The maximum absolute atomic E-state index is 10.6. The quantitative estimate of drug-likeness (QED) is 0.672. The summed E-state index contributed by atoms with van der Waals surface area (Å²) in [6.45, 7) is 1.88. The molecule has 0 aliphatic carbocycles. The number of hydrogen-bond acceptors (Lipinski definition) is 4. The zero-order chi connectivity index (χ0) is 15.4. The van der Waals surface area contributed by atoms with Gasteiger partial charge in [0.25, 0.3) is 5.69 Å². The van der Waals surface area contributed by atoms with Gasteiger partial charge in [-0.3, -0.25) is 10.1 Å². The van der Waals surface area contributed by atoms with E-state index in [1.165, 1.54) is 12.1 Å². The summed E-state index contributed by atoms with van der Waals surface area (Å²) in [6.07, 6.45) is -0.699. The van der Waals surface area contributed by atoms with Crippen molar-refractivity contribution in [3.8, 4) is 5.75 Å². The summed E-state index contributed by atoms with van der Waals surface area (Å²) in [5.41, 5.74) is 1.44. The fourth-order valence-electron chi connectivity index (χ4n) is 1.85. The topological polar surface area (TPSA) is 72.6 Å². The maximum Gasteiger partial charge on any atom is 0.269 e. The van der Waals surface area contributed by atoms with Gasteiger partial charge >= 0.3 is 0 Å². The second-order valence-electron chi connectivity index (χ2n) is 4.57. The maximum atomic E-state index is 10.6. The van der Waals surface area contributed by atoms with Crippen LogP contribution in [0.1, 0.15) is 24.2 Å². The van der Waals surface area contributed by atoms with E-state index in [-0.39, 0.29) is 12.3 Å². The Kier molecular flexibility index (Phi) is 4.77. The minimum atomic E-state index is -0.699. The number of aliphatic hydroxyl groups excluding tert-OH is 1. The van der Waals surface area contributed by atoms with Crippen LogP contribution in [-0.4, -0.2) is 10.0 Å². The molecule has 0 saturated heterocycles. The van der Waals surface area contributed by atoms with E-state index in [2.05, 4.69) is 0 Å². The smallest absolute Gasteiger partial charge is 0.269 e. The molecule has 0 radical (unpaired) electrons. The molecule has 1 N–H and O–H groups in total. The Bertz CT molecular complexity index is 641. The summed E-state index contributed by atoms with van der Waals surface area (Å²) in [6, 6.07) is 11.1. The van der Waals surface area contributed by atoms with Crippen LogP contribution in [0.3, 0.4) is 0 Å². The molecule has 2 aromatic rings. The van der Waals surface area contributed by atoms with E-state index in [9.17, 15) is 15.2 Å². The largest absolute Gasteiger partial charge is 0.489 e. The van der Waals surface area contributed by atoms with Crippen molar-refractivity contribution in [1.29, 1.82) is 0 Å². The van der Waals surface area contributed by atoms with Crippen molar-refractivity contribution in [2.75, 3.05) is 0 Å². The lowest BCUT2D eigenvalue weighted by Crippen LogP contribution is -2.01. The number of rotatable bonds is 5. The monoisotopic (exact) mass is 307 g/mol. The highest BCUT2D eigenvalue weighted by Crippen LogP contribution is 2.29. The van der Waals surface area contributed by atoms with Gasteiger partial charge in [-0.05, 0) is 42.8 Å². The van der Waals surface area contributed by atoms with E-state index in [1.54, 1.807) is 37.3 Å². The van der Waals surface area contributed by atoms with E-state index in [0.29, 0.717) is 16.3 Å². The standard InChI is InChI=1S/C15H14ClNO4/c1-10(18)14-8-12(16)4-7-15(14)21-9-11-2-5-13(6-3-11)17(19)20/h2-8,10,18H,9H2,1H3/t10-/m0/s1. The van der Waals surface area contributed by atoms with Crippen LogP contribution in [0.5, 0.6) is 5.75 Å². The highest BCUT2D eigenvalue weighted by Gasteiger charge is 2.11. The Morgan fingerprint density at radius 3 is 2.52 bits per heavy atom. The van der Waals surface area contributed by atoms with Crippen LogP contribution in [-0.2, 0) is 6.61 Å². The normalized spacial score (nSPS) is 12.0. The minimum Gasteiger partial charge on any atom is -0.489 e. The first kappa shape index (κ1) is 15.3. The lowest BCUT2D eigenvalue weighted by Gasteiger charge is -2.13. The summed E-state index contributed by atoms with van der Waals surface area (Å²) in [7, 11) is 0. The SMILES string of the molecule is C[C@H](O)c1cc(Cl)ccc1OCc1ccc([N+](=O)[O-])cc1. The number of nitro benzene ring substituents is 1. The predicted molar refractivity (Wildman–Crippen MR) is 79.5 cm³/mol. The van der Waals surface area contributed by atoms with Gasteiger partial charge in [0, 0.05) is 22.7 Å². The summed E-state index contributed by atoms with van der Waals surface area (Å²) in [4.78, 5) is 10.1. The molecule has 0 aromatic heterocycles. The Hall–Kier alpha value is -2.11. The van der Waals surface area contributed by atoms with Crippen molar-refractivity contribution in [1.82, 2.24) is 0 Å². The molecule has 0 aliphatic rings.